The number of aryl methyl sites for hydroxylation is 1. The van der Waals surface area contributed by atoms with Crippen molar-refractivity contribution >= 4 is 29.2 Å². The lowest BCUT2D eigenvalue weighted by Gasteiger charge is -2.18. The third-order valence-corrected chi connectivity index (χ3v) is 4.08. The first-order valence-electron chi connectivity index (χ1n) is 8.16. The van der Waals surface area contributed by atoms with Crippen LogP contribution in [0.25, 0.3) is 5.69 Å². The van der Waals surface area contributed by atoms with Crippen LogP contribution in [0.15, 0.2) is 29.1 Å². The molecule has 9 nitrogen and oxygen atoms in total. The number of pyridine rings is 1. The van der Waals surface area contributed by atoms with Crippen LogP contribution in [0.1, 0.15) is 26.3 Å². The number of fused-ring (bicyclic) bond motifs is 1. The molecule has 2 aromatic rings. The highest BCUT2D eigenvalue weighted by Crippen LogP contribution is 2.27. The second-order valence-corrected chi connectivity index (χ2v) is 6.58. The van der Waals surface area contributed by atoms with Gasteiger partial charge in [-0.1, -0.05) is 6.07 Å². The topological polar surface area (TPSA) is 127 Å². The molecule has 0 bridgehead atoms. The molecule has 27 heavy (non-hydrogen) atoms. The molecule has 9 heteroatoms. The third-order valence-electron chi connectivity index (χ3n) is 4.08. The van der Waals surface area contributed by atoms with E-state index in [-0.39, 0.29) is 29.4 Å². The van der Waals surface area contributed by atoms with E-state index in [1.807, 2.05) is 6.92 Å². The summed E-state index contributed by atoms with van der Waals surface area (Å²) < 4.78 is 1.12. The molecule has 0 atom stereocenters. The molecule has 1 aromatic carbocycles. The monoisotopic (exact) mass is 369 g/mol. The number of likely N-dealkylation sites (N-methyl/N-ethyl adjacent to an activating group) is 1. The van der Waals surface area contributed by atoms with Gasteiger partial charge in [-0.15, -0.1) is 0 Å². The van der Waals surface area contributed by atoms with Gasteiger partial charge < -0.3 is 16.0 Å². The summed E-state index contributed by atoms with van der Waals surface area (Å²) in [6.07, 6.45) is 0. The van der Waals surface area contributed by atoms with Crippen LogP contribution in [-0.4, -0.2) is 47.8 Å². The van der Waals surface area contributed by atoms with Crippen molar-refractivity contribution < 1.29 is 14.4 Å². The molecule has 2 heterocycles. The van der Waals surface area contributed by atoms with Crippen LogP contribution < -0.4 is 21.9 Å². The lowest BCUT2D eigenvalue weighted by atomic mass is 10.1. The number of nitrogens with two attached hydrogens (primary N) is 1. The van der Waals surface area contributed by atoms with E-state index in [1.54, 1.807) is 37.2 Å². The van der Waals surface area contributed by atoms with Crippen LogP contribution in [0.3, 0.4) is 0 Å². The minimum Gasteiger partial charge on any atom is -0.384 e. The van der Waals surface area contributed by atoms with Gasteiger partial charge in [-0.2, -0.15) is 0 Å². The van der Waals surface area contributed by atoms with Gasteiger partial charge in [0.1, 0.15) is 5.82 Å². The van der Waals surface area contributed by atoms with Gasteiger partial charge in [-0.25, -0.2) is 0 Å². The predicted molar refractivity (Wildman–Crippen MR) is 100 cm³/mol. The molecule has 1 aliphatic rings. The number of hydrogen-bond donors (Lipinski definition) is 3. The fraction of sp³-hybridized carbons (Fsp3) is 0.222. The van der Waals surface area contributed by atoms with Crippen molar-refractivity contribution in [2.24, 2.45) is 0 Å². The zero-order valence-corrected chi connectivity index (χ0v) is 15.1. The number of anilines is 2. The normalized spacial score (nSPS) is 12.9. The number of imide groups is 1. The van der Waals surface area contributed by atoms with Crippen molar-refractivity contribution in [3.8, 4) is 5.69 Å². The Morgan fingerprint density at radius 1 is 1.19 bits per heavy atom. The van der Waals surface area contributed by atoms with E-state index in [1.165, 1.54) is 0 Å². The number of benzene rings is 1. The second-order valence-electron chi connectivity index (χ2n) is 6.58. The number of rotatable bonds is 4. The van der Waals surface area contributed by atoms with E-state index in [2.05, 4.69) is 10.6 Å². The molecule has 1 aromatic heterocycles. The molecule has 3 rings (SSSR count). The second kappa shape index (κ2) is 6.69. The number of hydrogen-bond acceptors (Lipinski definition) is 6. The SMILES string of the molecule is Cc1ccc(NC(=O)CN(C)C)c(-n2c(N)c3c(cc2=O)C(=O)NC3=O)c1. The van der Waals surface area contributed by atoms with Crippen LogP contribution in [0.5, 0.6) is 0 Å². The molecule has 0 unspecified atom stereocenters. The smallest absolute Gasteiger partial charge is 0.262 e. The molecular weight excluding hydrogens is 350 g/mol. The number of carbonyl (C=O) groups excluding carboxylic acids is 3. The number of nitrogens with zero attached hydrogens (tertiary/aromatic N) is 2. The van der Waals surface area contributed by atoms with Crippen molar-refractivity contribution in [1.29, 1.82) is 0 Å². The molecule has 0 spiro atoms. The third kappa shape index (κ3) is 3.32. The summed E-state index contributed by atoms with van der Waals surface area (Å²) >= 11 is 0. The van der Waals surface area contributed by atoms with Crippen molar-refractivity contribution in [2.45, 2.75) is 6.92 Å². The number of carbonyl (C=O) groups is 3. The Hall–Kier alpha value is -3.46. The first-order chi connectivity index (χ1) is 12.7. The summed E-state index contributed by atoms with van der Waals surface area (Å²) in [5.41, 5.74) is 6.91. The van der Waals surface area contributed by atoms with E-state index in [4.69, 9.17) is 5.73 Å². The van der Waals surface area contributed by atoms with Gasteiger partial charge in [-0.05, 0) is 38.7 Å². The van der Waals surface area contributed by atoms with Crippen LogP contribution in [0.2, 0.25) is 0 Å². The maximum Gasteiger partial charge on any atom is 0.262 e. The highest BCUT2D eigenvalue weighted by Gasteiger charge is 2.32. The Labute approximate surface area is 154 Å². The zero-order chi connectivity index (χ0) is 19.9. The zero-order valence-electron chi connectivity index (χ0n) is 15.1. The van der Waals surface area contributed by atoms with E-state index in [0.717, 1.165) is 16.2 Å². The van der Waals surface area contributed by atoms with Gasteiger partial charge in [0.2, 0.25) is 5.91 Å². The van der Waals surface area contributed by atoms with Crippen LogP contribution in [0, 0.1) is 6.92 Å². The Balaban J connectivity index is 2.18. The number of nitrogen functional groups attached to an aromatic ring is 1. The van der Waals surface area contributed by atoms with Crippen molar-refractivity contribution in [1.82, 2.24) is 14.8 Å². The van der Waals surface area contributed by atoms with Gasteiger partial charge in [-0.3, -0.25) is 29.1 Å². The molecule has 4 N–H and O–H groups in total. The lowest BCUT2D eigenvalue weighted by Crippen LogP contribution is -2.29. The lowest BCUT2D eigenvalue weighted by molar-refractivity contribution is -0.116. The molecule has 0 radical (unpaired) electrons. The standard InChI is InChI=1S/C18H19N5O4/c1-9-4-5-11(20-13(24)8-22(2)3)12(6-9)23-14(25)7-10-15(16(23)19)18(27)21-17(10)26/h4-7H,8,19H2,1-3H3,(H,20,24)(H,21,26,27). The maximum atomic E-state index is 12.7. The van der Waals surface area contributed by atoms with E-state index >= 15 is 0 Å². The summed E-state index contributed by atoms with van der Waals surface area (Å²) in [5, 5.41) is 4.87. The largest absolute Gasteiger partial charge is 0.384 e. The number of nitrogens with one attached hydrogen (secondary N) is 2. The fourth-order valence-electron chi connectivity index (χ4n) is 2.94. The number of amides is 3. The Kier molecular flexibility index (Phi) is 4.54. The quantitative estimate of drug-likeness (QED) is 0.657. The van der Waals surface area contributed by atoms with Gasteiger partial charge >= 0.3 is 0 Å². The highest BCUT2D eigenvalue weighted by atomic mass is 16.2. The minimum absolute atomic E-state index is 0.0494. The summed E-state index contributed by atoms with van der Waals surface area (Å²) in [6.45, 7) is 1.97. The van der Waals surface area contributed by atoms with Gasteiger partial charge in [0, 0.05) is 6.07 Å². The first-order valence-corrected chi connectivity index (χ1v) is 8.16. The summed E-state index contributed by atoms with van der Waals surface area (Å²) in [7, 11) is 3.52. The Morgan fingerprint density at radius 3 is 2.56 bits per heavy atom. The molecule has 140 valence electrons. The predicted octanol–water partition coefficient (Wildman–Crippen LogP) is 0.112. The summed E-state index contributed by atoms with van der Waals surface area (Å²) in [4.78, 5) is 50.4. The molecule has 0 fully saturated rings. The molecule has 0 saturated carbocycles. The average Bonchev–Trinajstić information content (AvgIpc) is 2.83. The van der Waals surface area contributed by atoms with Gasteiger partial charge in [0.05, 0.1) is 29.0 Å². The first kappa shape index (κ1) is 18.3. The van der Waals surface area contributed by atoms with Crippen LogP contribution >= 0.6 is 0 Å². The van der Waals surface area contributed by atoms with Crippen LogP contribution in [0.4, 0.5) is 11.5 Å². The molecule has 1 aliphatic heterocycles. The molecule has 3 amide bonds. The molecular formula is C18H19N5O4. The van der Waals surface area contributed by atoms with Crippen molar-refractivity contribution in [2.75, 3.05) is 31.7 Å². The van der Waals surface area contributed by atoms with Crippen molar-refractivity contribution in [3.63, 3.8) is 0 Å². The summed E-state index contributed by atoms with van der Waals surface area (Å²) in [5.74, 6) is -1.75. The van der Waals surface area contributed by atoms with Crippen molar-refractivity contribution in [3.05, 3.63) is 51.3 Å². The van der Waals surface area contributed by atoms with E-state index in [9.17, 15) is 19.2 Å². The highest BCUT2D eigenvalue weighted by molar-refractivity contribution is 6.23. The van der Waals surface area contributed by atoms with Gasteiger partial charge in [0.15, 0.2) is 0 Å². The average molecular weight is 369 g/mol. The Morgan fingerprint density at radius 2 is 1.89 bits per heavy atom. The number of aromatic nitrogens is 1. The van der Waals surface area contributed by atoms with E-state index in [0.29, 0.717) is 11.4 Å². The summed E-state index contributed by atoms with van der Waals surface area (Å²) in [6, 6.07) is 6.17. The van der Waals surface area contributed by atoms with Gasteiger partial charge in [0.25, 0.3) is 17.4 Å². The Bertz CT molecular complexity index is 1040. The van der Waals surface area contributed by atoms with Crippen LogP contribution in [-0.2, 0) is 4.79 Å². The molecule has 0 saturated heterocycles. The maximum absolute atomic E-state index is 12.7. The van der Waals surface area contributed by atoms with E-state index < -0.39 is 17.4 Å². The minimum atomic E-state index is -0.660. The fourth-order valence-corrected chi connectivity index (χ4v) is 2.94. The molecule has 0 aliphatic carbocycles.